The molecule has 2 fully saturated rings. The Bertz CT molecular complexity index is 1210. The van der Waals surface area contributed by atoms with Crippen molar-refractivity contribution in [1.29, 1.82) is 0 Å². The number of piperidine rings is 1. The molecule has 2 aliphatic rings. The Labute approximate surface area is 192 Å². The van der Waals surface area contributed by atoms with E-state index in [9.17, 15) is 14.7 Å². The van der Waals surface area contributed by atoms with Gasteiger partial charge in [0.1, 0.15) is 11.3 Å². The van der Waals surface area contributed by atoms with Crippen LogP contribution in [0.5, 0.6) is 5.75 Å². The molecule has 2 aliphatic heterocycles. The minimum atomic E-state index is -0.632. The molecule has 3 aromatic rings. The molecule has 5 rings (SSSR count). The number of carbonyl (C=O) groups is 1. The summed E-state index contributed by atoms with van der Waals surface area (Å²) in [6.07, 6.45) is 3.66. The minimum absolute atomic E-state index is 0.280. The van der Waals surface area contributed by atoms with E-state index in [1.807, 2.05) is 36.4 Å². The number of fused-ring (bicyclic) bond motifs is 1. The number of aromatic nitrogens is 1. The highest BCUT2D eigenvalue weighted by Crippen LogP contribution is 2.29. The second-order valence-electron chi connectivity index (χ2n) is 8.69. The average molecular weight is 448 g/mol. The van der Waals surface area contributed by atoms with Crippen molar-refractivity contribution in [1.82, 2.24) is 10.3 Å². The molecule has 0 unspecified atom stereocenters. The topological polar surface area (TPSA) is 101 Å². The van der Waals surface area contributed by atoms with Crippen LogP contribution in [0.2, 0.25) is 0 Å². The lowest BCUT2D eigenvalue weighted by atomic mass is 10.1. The predicted octanol–water partition coefficient (Wildman–Crippen LogP) is 2.89. The molecule has 0 atom stereocenters. The summed E-state index contributed by atoms with van der Waals surface area (Å²) in [7, 11) is 0. The number of rotatable bonds is 4. The number of amides is 1. The van der Waals surface area contributed by atoms with Gasteiger partial charge in [0.25, 0.3) is 11.5 Å². The van der Waals surface area contributed by atoms with E-state index in [-0.39, 0.29) is 11.3 Å². The van der Waals surface area contributed by atoms with Crippen molar-refractivity contribution in [3.8, 4) is 5.75 Å². The van der Waals surface area contributed by atoms with Gasteiger partial charge in [-0.15, -0.1) is 0 Å². The first-order valence-electron chi connectivity index (χ1n) is 11.6. The summed E-state index contributed by atoms with van der Waals surface area (Å²) in [5, 5.41) is 17.3. The molecule has 0 spiro atoms. The first-order chi connectivity index (χ1) is 16.1. The summed E-state index contributed by atoms with van der Waals surface area (Å²) in [4.78, 5) is 32.9. The number of hydrogen-bond donors (Lipinski definition) is 4. The molecule has 0 aliphatic carbocycles. The summed E-state index contributed by atoms with van der Waals surface area (Å²) in [6, 6.07) is 13.1. The van der Waals surface area contributed by atoms with E-state index >= 15 is 0 Å². The van der Waals surface area contributed by atoms with Gasteiger partial charge in [-0.05, 0) is 61.7 Å². The highest BCUT2D eigenvalue weighted by atomic mass is 16.3. The third-order valence-electron chi connectivity index (χ3n) is 6.53. The molecular formula is C25H29N5O3. The van der Waals surface area contributed by atoms with E-state index in [1.54, 1.807) is 6.07 Å². The van der Waals surface area contributed by atoms with Gasteiger partial charge >= 0.3 is 0 Å². The number of carbonyl (C=O) groups excluding carboxylic acids is 1. The van der Waals surface area contributed by atoms with E-state index in [2.05, 4.69) is 25.4 Å². The number of nitrogens with zero attached hydrogens (tertiary/aromatic N) is 2. The van der Waals surface area contributed by atoms with Gasteiger partial charge < -0.3 is 30.5 Å². The monoisotopic (exact) mass is 447 g/mol. The fraction of sp³-hybridized carbons (Fsp3) is 0.360. The van der Waals surface area contributed by atoms with Crippen LogP contribution >= 0.6 is 0 Å². The third-order valence-corrected chi connectivity index (χ3v) is 6.53. The largest absolute Gasteiger partial charge is 0.506 e. The zero-order chi connectivity index (χ0) is 22.8. The van der Waals surface area contributed by atoms with Gasteiger partial charge in [0.05, 0.1) is 5.52 Å². The summed E-state index contributed by atoms with van der Waals surface area (Å²) in [5.41, 5.74) is 2.30. The van der Waals surface area contributed by atoms with Crippen LogP contribution in [0.4, 0.5) is 17.1 Å². The quantitative estimate of drug-likeness (QED) is 0.491. The van der Waals surface area contributed by atoms with Crippen molar-refractivity contribution in [3.05, 3.63) is 58.4 Å². The number of pyridine rings is 1. The van der Waals surface area contributed by atoms with Gasteiger partial charge in [-0.3, -0.25) is 9.59 Å². The Balaban J connectivity index is 1.37. The number of hydrogen-bond acceptors (Lipinski definition) is 6. The molecule has 8 heteroatoms. The number of benzene rings is 2. The molecule has 33 heavy (non-hydrogen) atoms. The van der Waals surface area contributed by atoms with Crippen LogP contribution in [0.1, 0.15) is 29.6 Å². The van der Waals surface area contributed by atoms with Crippen LogP contribution in [0.15, 0.2) is 47.3 Å². The Morgan fingerprint density at radius 1 is 0.879 bits per heavy atom. The maximum Gasteiger partial charge on any atom is 0.265 e. The third kappa shape index (κ3) is 4.39. The minimum Gasteiger partial charge on any atom is -0.506 e. The van der Waals surface area contributed by atoms with E-state index in [4.69, 9.17) is 0 Å². The highest BCUT2D eigenvalue weighted by Gasteiger charge is 2.21. The van der Waals surface area contributed by atoms with Crippen LogP contribution in [0.3, 0.4) is 0 Å². The van der Waals surface area contributed by atoms with Crippen LogP contribution in [-0.4, -0.2) is 55.3 Å². The number of H-pyrrole nitrogens is 1. The van der Waals surface area contributed by atoms with Crippen molar-refractivity contribution >= 4 is 33.9 Å². The normalized spacial score (nSPS) is 16.7. The molecule has 8 nitrogen and oxygen atoms in total. The lowest BCUT2D eigenvalue weighted by Gasteiger charge is -2.29. The van der Waals surface area contributed by atoms with Crippen molar-refractivity contribution < 1.29 is 9.90 Å². The second-order valence-corrected chi connectivity index (χ2v) is 8.69. The van der Waals surface area contributed by atoms with Gasteiger partial charge in [0, 0.05) is 61.7 Å². The van der Waals surface area contributed by atoms with Crippen LogP contribution < -0.4 is 26.0 Å². The number of piperazine rings is 1. The van der Waals surface area contributed by atoms with Gasteiger partial charge in [0.15, 0.2) is 0 Å². The van der Waals surface area contributed by atoms with Crippen LogP contribution in [0.25, 0.3) is 10.9 Å². The van der Waals surface area contributed by atoms with E-state index in [0.29, 0.717) is 16.6 Å². The standard InChI is InChI=1S/C25H29N5O3/c31-23-20-9-8-19(30-14-10-26-11-15-30)16-21(20)28-25(33)22(23)24(32)27-17-4-6-18(7-5-17)29-12-2-1-3-13-29/h4-9,16,26H,1-3,10-15H2,(H,27,32)(H2,28,31,33). The van der Waals surface area contributed by atoms with Gasteiger partial charge in [-0.1, -0.05) is 0 Å². The highest BCUT2D eigenvalue weighted by molar-refractivity contribution is 6.09. The second kappa shape index (κ2) is 9.15. The average Bonchev–Trinajstić information content (AvgIpc) is 2.85. The smallest absolute Gasteiger partial charge is 0.265 e. The molecule has 0 saturated carbocycles. The van der Waals surface area contributed by atoms with Crippen molar-refractivity contribution in [3.63, 3.8) is 0 Å². The SMILES string of the molecule is O=C(Nc1ccc(N2CCCCC2)cc1)c1c(O)c2ccc(N3CCNCC3)cc2[nH]c1=O. The zero-order valence-electron chi connectivity index (χ0n) is 18.6. The molecule has 2 saturated heterocycles. The molecule has 1 amide bonds. The molecule has 1 aromatic heterocycles. The number of aromatic amines is 1. The fourth-order valence-corrected chi connectivity index (χ4v) is 4.70. The summed E-state index contributed by atoms with van der Waals surface area (Å²) in [6.45, 7) is 5.64. The zero-order valence-corrected chi connectivity index (χ0v) is 18.6. The maximum absolute atomic E-state index is 12.9. The van der Waals surface area contributed by atoms with Gasteiger partial charge in [-0.25, -0.2) is 0 Å². The Morgan fingerprint density at radius 3 is 2.27 bits per heavy atom. The molecular weight excluding hydrogens is 418 g/mol. The molecule has 3 heterocycles. The van der Waals surface area contributed by atoms with Crippen molar-refractivity contribution in [2.24, 2.45) is 0 Å². The van der Waals surface area contributed by atoms with Gasteiger partial charge in [-0.2, -0.15) is 0 Å². The lowest BCUT2D eigenvalue weighted by Crippen LogP contribution is -2.43. The fourth-order valence-electron chi connectivity index (χ4n) is 4.70. The molecule has 172 valence electrons. The number of anilines is 3. The summed E-state index contributed by atoms with van der Waals surface area (Å²) < 4.78 is 0. The summed E-state index contributed by atoms with van der Waals surface area (Å²) in [5.74, 6) is -0.935. The van der Waals surface area contributed by atoms with Crippen LogP contribution in [0, 0.1) is 0 Å². The summed E-state index contributed by atoms with van der Waals surface area (Å²) >= 11 is 0. The van der Waals surface area contributed by atoms with Crippen molar-refractivity contribution in [2.75, 3.05) is 54.4 Å². The Kier molecular flexibility index (Phi) is 5.92. The van der Waals surface area contributed by atoms with Gasteiger partial charge in [0.2, 0.25) is 0 Å². The predicted molar refractivity (Wildman–Crippen MR) is 132 cm³/mol. The molecule has 0 radical (unpaired) electrons. The number of aromatic hydroxyl groups is 1. The van der Waals surface area contributed by atoms with Crippen molar-refractivity contribution in [2.45, 2.75) is 19.3 Å². The molecule has 0 bridgehead atoms. The first kappa shape index (κ1) is 21.3. The van der Waals surface area contributed by atoms with E-state index in [1.165, 1.54) is 19.3 Å². The number of nitrogens with one attached hydrogen (secondary N) is 3. The first-order valence-corrected chi connectivity index (χ1v) is 11.6. The van der Waals surface area contributed by atoms with Crippen LogP contribution in [-0.2, 0) is 0 Å². The van der Waals surface area contributed by atoms with E-state index in [0.717, 1.165) is 50.6 Å². The molecule has 2 aromatic carbocycles. The maximum atomic E-state index is 12.9. The lowest BCUT2D eigenvalue weighted by molar-refractivity contribution is 0.102. The Hall–Kier alpha value is -3.52. The molecule has 4 N–H and O–H groups in total. The Morgan fingerprint density at radius 2 is 1.55 bits per heavy atom. The van der Waals surface area contributed by atoms with E-state index < -0.39 is 11.5 Å².